The van der Waals surface area contributed by atoms with E-state index in [-0.39, 0.29) is 36.0 Å². The van der Waals surface area contributed by atoms with E-state index in [0.717, 1.165) is 31.4 Å². The van der Waals surface area contributed by atoms with Crippen molar-refractivity contribution in [3.8, 4) is 5.75 Å². The summed E-state index contributed by atoms with van der Waals surface area (Å²) >= 11 is 0. The van der Waals surface area contributed by atoms with Crippen molar-refractivity contribution in [2.75, 3.05) is 11.9 Å². The van der Waals surface area contributed by atoms with Gasteiger partial charge in [-0.25, -0.2) is 0 Å². The van der Waals surface area contributed by atoms with Crippen molar-refractivity contribution in [3.63, 3.8) is 0 Å². The van der Waals surface area contributed by atoms with Crippen LogP contribution in [0.2, 0.25) is 0 Å². The molecule has 0 aliphatic heterocycles. The Morgan fingerprint density at radius 3 is 2.55 bits per heavy atom. The standard InChI is InChI=1S/C25H28N4O3.ClH/c26-21-15-20(21)16-7-9-17(10-8-16)29-23(31)6-2-1-3-13-28-25(32)19-11-12-22(30)24-18(19)5-4-14-27-24;/h4-5,7-12,14,20-21,30H,1-3,6,13,15,26H2,(H,28,32)(H,29,31);1H. The first-order chi connectivity index (χ1) is 15.5. The van der Waals surface area contributed by atoms with E-state index < -0.39 is 0 Å². The summed E-state index contributed by atoms with van der Waals surface area (Å²) in [4.78, 5) is 28.8. The molecule has 0 bridgehead atoms. The second-order valence-electron chi connectivity index (χ2n) is 8.27. The minimum absolute atomic E-state index is 0. The molecule has 0 spiro atoms. The molecular weight excluding hydrogens is 440 g/mol. The Bertz CT molecular complexity index is 1120. The molecule has 1 aliphatic carbocycles. The van der Waals surface area contributed by atoms with Gasteiger partial charge in [-0.2, -0.15) is 0 Å². The molecule has 3 aromatic rings. The van der Waals surface area contributed by atoms with Gasteiger partial charge in [-0.1, -0.05) is 24.6 Å². The monoisotopic (exact) mass is 468 g/mol. The van der Waals surface area contributed by atoms with Crippen LogP contribution in [0.1, 0.15) is 53.9 Å². The van der Waals surface area contributed by atoms with Gasteiger partial charge >= 0.3 is 0 Å². The number of nitrogens with two attached hydrogens (primary N) is 1. The number of carbonyl (C=O) groups excluding carboxylic acids is 2. The van der Waals surface area contributed by atoms with Gasteiger partial charge in [-0.15, -0.1) is 12.4 Å². The van der Waals surface area contributed by atoms with Crippen LogP contribution >= 0.6 is 12.4 Å². The first-order valence-electron chi connectivity index (χ1n) is 11.0. The van der Waals surface area contributed by atoms with Crippen molar-refractivity contribution < 1.29 is 14.7 Å². The predicted molar refractivity (Wildman–Crippen MR) is 132 cm³/mol. The maximum atomic E-state index is 12.5. The zero-order valence-electron chi connectivity index (χ0n) is 18.3. The van der Waals surface area contributed by atoms with Gasteiger partial charge in [0.2, 0.25) is 5.91 Å². The van der Waals surface area contributed by atoms with E-state index in [1.807, 2.05) is 24.3 Å². The summed E-state index contributed by atoms with van der Waals surface area (Å²) in [6.45, 7) is 0.522. The van der Waals surface area contributed by atoms with Crippen LogP contribution in [0.5, 0.6) is 5.75 Å². The molecule has 1 aromatic heterocycles. The summed E-state index contributed by atoms with van der Waals surface area (Å²) in [7, 11) is 0. The maximum Gasteiger partial charge on any atom is 0.251 e. The molecule has 2 aromatic carbocycles. The van der Waals surface area contributed by atoms with Crippen LogP contribution in [0.15, 0.2) is 54.7 Å². The lowest BCUT2D eigenvalue weighted by Crippen LogP contribution is -2.24. The first-order valence-corrected chi connectivity index (χ1v) is 11.0. The molecule has 2 atom stereocenters. The fraction of sp³-hybridized carbons (Fsp3) is 0.320. The van der Waals surface area contributed by atoms with Gasteiger partial charge in [-0.3, -0.25) is 14.6 Å². The molecule has 0 radical (unpaired) electrons. The number of phenolic OH excluding ortho intramolecular Hbond substituents is 1. The quantitative estimate of drug-likeness (QED) is 0.352. The van der Waals surface area contributed by atoms with Crippen molar-refractivity contribution in [2.45, 2.75) is 44.1 Å². The van der Waals surface area contributed by atoms with Gasteiger partial charge < -0.3 is 21.5 Å². The number of aromatic hydroxyl groups is 1. The van der Waals surface area contributed by atoms with Crippen LogP contribution in [-0.4, -0.2) is 34.5 Å². The second kappa shape index (κ2) is 11.1. The number of anilines is 1. The average molecular weight is 469 g/mol. The lowest BCUT2D eigenvalue weighted by Gasteiger charge is -2.09. The van der Waals surface area contributed by atoms with E-state index in [2.05, 4.69) is 15.6 Å². The Hall–Kier alpha value is -3.16. The molecule has 7 nitrogen and oxygen atoms in total. The third kappa shape index (κ3) is 6.21. The van der Waals surface area contributed by atoms with E-state index in [0.29, 0.717) is 35.3 Å². The van der Waals surface area contributed by atoms with Gasteiger partial charge in [0.15, 0.2) is 0 Å². The molecule has 1 saturated carbocycles. The van der Waals surface area contributed by atoms with E-state index >= 15 is 0 Å². The van der Waals surface area contributed by atoms with Gasteiger partial charge in [0, 0.05) is 47.8 Å². The number of phenols is 1. The number of hydrogen-bond acceptors (Lipinski definition) is 5. The number of nitrogens with zero attached hydrogens (tertiary/aromatic N) is 1. The fourth-order valence-corrected chi connectivity index (χ4v) is 3.88. The SMILES string of the molecule is Cl.NC1CC1c1ccc(NC(=O)CCCCCNC(=O)c2ccc(O)c3ncccc23)cc1. The van der Waals surface area contributed by atoms with Gasteiger partial charge in [0.1, 0.15) is 11.3 Å². The number of halogens is 1. The van der Waals surface area contributed by atoms with Crippen molar-refractivity contribution in [1.29, 1.82) is 0 Å². The molecule has 5 N–H and O–H groups in total. The predicted octanol–water partition coefficient (Wildman–Crippen LogP) is 4.11. The Balaban J connectivity index is 0.00000306. The zero-order chi connectivity index (χ0) is 22.5. The molecular formula is C25H29ClN4O3. The topological polar surface area (TPSA) is 117 Å². The van der Waals surface area contributed by atoms with Crippen LogP contribution in [0.25, 0.3) is 10.9 Å². The summed E-state index contributed by atoms with van der Waals surface area (Å²) < 4.78 is 0. The molecule has 8 heteroatoms. The number of unbranched alkanes of at least 4 members (excludes halogenated alkanes) is 2. The average Bonchev–Trinajstić information content (AvgIpc) is 3.53. The van der Waals surface area contributed by atoms with E-state index in [4.69, 9.17) is 5.73 Å². The van der Waals surface area contributed by atoms with Crippen molar-refractivity contribution in [1.82, 2.24) is 10.3 Å². The molecule has 2 unspecified atom stereocenters. The van der Waals surface area contributed by atoms with Gasteiger partial charge in [-0.05, 0) is 55.2 Å². The summed E-state index contributed by atoms with van der Waals surface area (Å²) in [5, 5.41) is 16.4. The molecule has 1 heterocycles. The van der Waals surface area contributed by atoms with E-state index in [1.165, 1.54) is 11.6 Å². The maximum absolute atomic E-state index is 12.5. The third-order valence-corrected chi connectivity index (χ3v) is 5.82. The van der Waals surface area contributed by atoms with Crippen LogP contribution in [0.4, 0.5) is 5.69 Å². The highest BCUT2D eigenvalue weighted by Gasteiger charge is 2.34. The molecule has 174 valence electrons. The second-order valence-corrected chi connectivity index (χ2v) is 8.27. The first kappa shape index (κ1) is 24.5. The van der Waals surface area contributed by atoms with E-state index in [9.17, 15) is 14.7 Å². The van der Waals surface area contributed by atoms with E-state index in [1.54, 1.807) is 24.4 Å². The highest BCUT2D eigenvalue weighted by molar-refractivity contribution is 6.07. The number of carbonyl (C=O) groups is 2. The Morgan fingerprint density at radius 2 is 1.82 bits per heavy atom. The van der Waals surface area contributed by atoms with Gasteiger partial charge in [0.25, 0.3) is 5.91 Å². The number of fused-ring (bicyclic) bond motifs is 1. The van der Waals surface area contributed by atoms with Crippen molar-refractivity contribution in [2.24, 2.45) is 5.73 Å². The van der Waals surface area contributed by atoms with Crippen LogP contribution < -0.4 is 16.4 Å². The van der Waals surface area contributed by atoms with Gasteiger partial charge in [0.05, 0.1) is 0 Å². The minimum atomic E-state index is -0.198. The highest BCUT2D eigenvalue weighted by atomic mass is 35.5. The van der Waals surface area contributed by atoms with Crippen molar-refractivity contribution >= 4 is 40.8 Å². The number of benzene rings is 2. The number of aromatic nitrogens is 1. The minimum Gasteiger partial charge on any atom is -0.506 e. The number of hydrogen-bond donors (Lipinski definition) is 4. The Morgan fingerprint density at radius 1 is 1.06 bits per heavy atom. The summed E-state index contributed by atoms with van der Waals surface area (Å²) in [6, 6.07) is 14.8. The molecule has 1 fully saturated rings. The third-order valence-electron chi connectivity index (χ3n) is 5.82. The Labute approximate surface area is 199 Å². The zero-order valence-corrected chi connectivity index (χ0v) is 19.1. The fourth-order valence-electron chi connectivity index (χ4n) is 3.88. The number of amides is 2. The smallest absolute Gasteiger partial charge is 0.251 e. The molecule has 4 rings (SSSR count). The number of rotatable bonds is 9. The van der Waals surface area contributed by atoms with Crippen LogP contribution in [-0.2, 0) is 4.79 Å². The molecule has 33 heavy (non-hydrogen) atoms. The normalized spacial score (nSPS) is 16.6. The summed E-state index contributed by atoms with van der Waals surface area (Å²) in [5.41, 5.74) is 8.81. The van der Waals surface area contributed by atoms with Crippen LogP contribution in [0, 0.1) is 0 Å². The lowest BCUT2D eigenvalue weighted by molar-refractivity contribution is -0.116. The Kier molecular flexibility index (Phi) is 8.25. The number of pyridine rings is 1. The lowest BCUT2D eigenvalue weighted by atomic mass is 10.1. The molecule has 2 amide bonds. The molecule has 0 saturated heterocycles. The van der Waals surface area contributed by atoms with Crippen LogP contribution in [0.3, 0.4) is 0 Å². The molecule has 1 aliphatic rings. The highest BCUT2D eigenvalue weighted by Crippen LogP contribution is 2.39. The van der Waals surface area contributed by atoms with Crippen molar-refractivity contribution in [3.05, 3.63) is 65.9 Å². The largest absolute Gasteiger partial charge is 0.506 e. The summed E-state index contributed by atoms with van der Waals surface area (Å²) in [5.74, 6) is 0.312. The summed E-state index contributed by atoms with van der Waals surface area (Å²) in [6.07, 6.45) is 5.43. The number of nitrogens with one attached hydrogen (secondary N) is 2.